The molecule has 3 atom stereocenters. The second-order valence-electron chi connectivity index (χ2n) is 6.69. The fourth-order valence-corrected chi connectivity index (χ4v) is 3.44. The number of fused-ring (bicyclic) bond motifs is 2. The molecule has 0 bridgehead atoms. The number of aliphatic hydroxyl groups is 2. The molecule has 12 heteroatoms. The molecule has 12 nitrogen and oxygen atoms in total. The molecule has 0 aliphatic carbocycles. The van der Waals surface area contributed by atoms with E-state index >= 15 is 0 Å². The Balaban J connectivity index is 1.55. The number of benzene rings is 1. The molecule has 0 spiro atoms. The third kappa shape index (κ3) is 2.99. The highest BCUT2D eigenvalue weighted by molar-refractivity contribution is 5.96. The summed E-state index contributed by atoms with van der Waals surface area (Å²) >= 11 is 0. The van der Waals surface area contributed by atoms with Gasteiger partial charge in [-0.1, -0.05) is 0 Å². The molecule has 1 fully saturated rings. The molecule has 29 heavy (non-hydrogen) atoms. The average molecular weight is 395 g/mol. The number of hydrogen-bond acceptors (Lipinski definition) is 10. The lowest BCUT2D eigenvalue weighted by atomic mass is 10.2. The van der Waals surface area contributed by atoms with Crippen LogP contribution in [0.3, 0.4) is 0 Å². The first-order chi connectivity index (χ1) is 14.1. The van der Waals surface area contributed by atoms with Gasteiger partial charge in [-0.15, -0.1) is 5.11 Å². The first-order valence-electron chi connectivity index (χ1n) is 8.91. The van der Waals surface area contributed by atoms with E-state index in [1.54, 1.807) is 29.0 Å². The number of nitrogens with two attached hydrogens (primary N) is 1. The van der Waals surface area contributed by atoms with Crippen molar-refractivity contribution in [2.75, 3.05) is 12.3 Å². The summed E-state index contributed by atoms with van der Waals surface area (Å²) in [5, 5.41) is 39.1. The van der Waals surface area contributed by atoms with Crippen molar-refractivity contribution in [1.29, 1.82) is 0 Å². The van der Waals surface area contributed by atoms with Gasteiger partial charge in [-0.25, -0.2) is 9.97 Å². The molecule has 3 unspecified atom stereocenters. The van der Waals surface area contributed by atoms with Crippen molar-refractivity contribution in [2.45, 2.75) is 24.9 Å². The molecule has 148 valence electrons. The summed E-state index contributed by atoms with van der Waals surface area (Å²) in [6, 6.07) is 5.32. The van der Waals surface area contributed by atoms with Crippen LogP contribution in [-0.2, 0) is 4.74 Å². The lowest BCUT2D eigenvalue weighted by Crippen LogP contribution is -2.24. The molecule has 5 rings (SSSR count). The summed E-state index contributed by atoms with van der Waals surface area (Å²) in [6.07, 6.45) is 1.40. The van der Waals surface area contributed by atoms with Gasteiger partial charge in [-0.05, 0) is 18.2 Å². The number of hydrogen-bond donors (Lipinski definition) is 4. The van der Waals surface area contributed by atoms with Crippen molar-refractivity contribution in [3.8, 4) is 0 Å². The van der Waals surface area contributed by atoms with E-state index in [-0.39, 0.29) is 12.4 Å². The van der Waals surface area contributed by atoms with E-state index in [0.29, 0.717) is 34.3 Å². The number of nitrogens with zero attached hydrogens (tertiary/aromatic N) is 7. The van der Waals surface area contributed by atoms with Gasteiger partial charge in [0.05, 0.1) is 23.8 Å². The Labute approximate surface area is 163 Å². The van der Waals surface area contributed by atoms with E-state index in [4.69, 9.17) is 10.5 Å². The number of azo groups is 1. The second kappa shape index (κ2) is 6.84. The predicted octanol–water partition coefficient (Wildman–Crippen LogP) is 1.34. The molecule has 5 N–H and O–H groups in total. The highest BCUT2D eigenvalue weighted by atomic mass is 16.5. The van der Waals surface area contributed by atoms with Crippen molar-refractivity contribution >= 4 is 39.3 Å². The number of ether oxygens (including phenoxy) is 1. The van der Waals surface area contributed by atoms with Crippen molar-refractivity contribution in [3.05, 3.63) is 30.7 Å². The fourth-order valence-electron chi connectivity index (χ4n) is 3.44. The van der Waals surface area contributed by atoms with Gasteiger partial charge in [-0.2, -0.15) is 20.5 Å². The van der Waals surface area contributed by atoms with Crippen molar-refractivity contribution in [3.63, 3.8) is 0 Å². The summed E-state index contributed by atoms with van der Waals surface area (Å²) < 4.78 is 7.47. The smallest absolute Gasteiger partial charge is 0.149 e. The normalized spacial score (nSPS) is 22.3. The van der Waals surface area contributed by atoms with Gasteiger partial charge in [0, 0.05) is 12.6 Å². The largest absolute Gasteiger partial charge is 0.394 e. The van der Waals surface area contributed by atoms with Crippen LogP contribution in [0.2, 0.25) is 0 Å². The molecule has 1 aromatic carbocycles. The van der Waals surface area contributed by atoms with E-state index < -0.39 is 18.4 Å². The van der Waals surface area contributed by atoms with Crippen molar-refractivity contribution < 1.29 is 14.9 Å². The van der Waals surface area contributed by atoms with Gasteiger partial charge in [0.15, 0.2) is 0 Å². The Hall–Kier alpha value is -3.48. The number of H-pyrrole nitrogens is 1. The highest BCUT2D eigenvalue weighted by Gasteiger charge is 2.35. The third-order valence-corrected chi connectivity index (χ3v) is 4.89. The Bertz CT molecular complexity index is 1220. The van der Waals surface area contributed by atoms with E-state index in [1.807, 2.05) is 0 Å². The fraction of sp³-hybridized carbons (Fsp3) is 0.294. The number of anilines is 1. The van der Waals surface area contributed by atoms with Crippen LogP contribution in [0.1, 0.15) is 12.6 Å². The molecule has 4 aromatic rings. The summed E-state index contributed by atoms with van der Waals surface area (Å²) in [7, 11) is 0. The van der Waals surface area contributed by atoms with Crippen LogP contribution in [0, 0.1) is 0 Å². The lowest BCUT2D eigenvalue weighted by molar-refractivity contribution is -0.0430. The standard InChI is InChI=1S/C17H17N9O3/c18-16-15-11(22-21-8-1-2-9-10(3-8)24-25-23-9)5-26(17(15)20-7-19-16)14-4-12(28)13(6-27)29-14/h1-3,5,7,12-14,27-28H,4,6H2,(H2,18,19,20)(H,23,24,25). The van der Waals surface area contributed by atoms with E-state index in [2.05, 4.69) is 35.6 Å². The zero-order valence-corrected chi connectivity index (χ0v) is 15.0. The third-order valence-electron chi connectivity index (χ3n) is 4.89. The highest BCUT2D eigenvalue weighted by Crippen LogP contribution is 2.38. The topological polar surface area (TPSA) is 173 Å². The molecule has 4 heterocycles. The van der Waals surface area contributed by atoms with Gasteiger partial charge < -0.3 is 25.3 Å². The summed E-state index contributed by atoms with van der Waals surface area (Å²) in [5.41, 5.74) is 9.03. The van der Waals surface area contributed by atoms with Crippen molar-refractivity contribution in [2.24, 2.45) is 10.2 Å². The molecule has 0 radical (unpaired) electrons. The number of nitrogen functional groups attached to an aromatic ring is 1. The first kappa shape index (κ1) is 17.6. The molecule has 3 aromatic heterocycles. The van der Waals surface area contributed by atoms with E-state index in [9.17, 15) is 10.2 Å². The Kier molecular flexibility index (Phi) is 4.16. The van der Waals surface area contributed by atoms with Gasteiger partial charge >= 0.3 is 0 Å². The second-order valence-corrected chi connectivity index (χ2v) is 6.69. The molecular weight excluding hydrogens is 378 g/mol. The number of aliphatic hydroxyl groups excluding tert-OH is 2. The number of rotatable bonds is 4. The van der Waals surface area contributed by atoms with Gasteiger partial charge in [-0.3, -0.25) is 0 Å². The average Bonchev–Trinajstić information content (AvgIpc) is 3.42. The Morgan fingerprint density at radius 2 is 2.10 bits per heavy atom. The molecule has 0 amide bonds. The molecule has 1 aliphatic rings. The van der Waals surface area contributed by atoms with Crippen molar-refractivity contribution in [1.82, 2.24) is 29.9 Å². The predicted molar refractivity (Wildman–Crippen MR) is 102 cm³/mol. The van der Waals surface area contributed by atoms with Crippen LogP contribution in [0.25, 0.3) is 22.1 Å². The minimum Gasteiger partial charge on any atom is -0.394 e. The first-order valence-corrected chi connectivity index (χ1v) is 8.91. The van der Waals surface area contributed by atoms with Crippen LogP contribution in [0.5, 0.6) is 0 Å². The summed E-state index contributed by atoms with van der Waals surface area (Å²) in [6.45, 7) is -0.273. The van der Waals surface area contributed by atoms with Crippen LogP contribution in [0.4, 0.5) is 17.2 Å². The molecule has 1 aliphatic heterocycles. The van der Waals surface area contributed by atoms with Crippen LogP contribution < -0.4 is 5.73 Å². The number of nitrogens with one attached hydrogen (secondary N) is 1. The maximum absolute atomic E-state index is 10.1. The molecule has 1 saturated heterocycles. The van der Waals surface area contributed by atoms with E-state index in [1.165, 1.54) is 6.33 Å². The van der Waals surface area contributed by atoms with Gasteiger partial charge in [0.1, 0.15) is 46.8 Å². The Morgan fingerprint density at radius 1 is 1.24 bits per heavy atom. The number of aromatic amines is 1. The van der Waals surface area contributed by atoms with Gasteiger partial charge in [0.2, 0.25) is 0 Å². The van der Waals surface area contributed by atoms with Crippen LogP contribution in [0.15, 0.2) is 41.0 Å². The SMILES string of the molecule is Nc1ncnc2c1c(N=Nc1ccc3n[nH]nc3c1)cn2C1CC(O)C(CO)O1. The number of aromatic nitrogens is 6. The Morgan fingerprint density at radius 3 is 2.93 bits per heavy atom. The quantitative estimate of drug-likeness (QED) is 0.375. The molecular formula is C17H17N9O3. The van der Waals surface area contributed by atoms with Crippen LogP contribution in [-0.4, -0.2) is 59.0 Å². The maximum atomic E-state index is 10.1. The van der Waals surface area contributed by atoms with E-state index in [0.717, 1.165) is 5.52 Å². The maximum Gasteiger partial charge on any atom is 0.149 e. The zero-order chi connectivity index (χ0) is 20.0. The monoisotopic (exact) mass is 395 g/mol. The minimum atomic E-state index is -0.777. The lowest BCUT2D eigenvalue weighted by Gasteiger charge is -2.14. The zero-order valence-electron chi connectivity index (χ0n) is 15.0. The minimum absolute atomic E-state index is 0.256. The summed E-state index contributed by atoms with van der Waals surface area (Å²) in [4.78, 5) is 8.34. The molecule has 0 saturated carbocycles. The van der Waals surface area contributed by atoms with Gasteiger partial charge in [0.25, 0.3) is 0 Å². The van der Waals surface area contributed by atoms with Crippen LogP contribution >= 0.6 is 0 Å². The summed E-state index contributed by atoms with van der Waals surface area (Å²) in [5.74, 6) is 0.256.